The van der Waals surface area contributed by atoms with Gasteiger partial charge in [0.05, 0.1) is 19.1 Å². The number of benzene rings is 1. The molecule has 2 fully saturated rings. The Morgan fingerprint density at radius 2 is 1.61 bits per heavy atom. The van der Waals surface area contributed by atoms with Gasteiger partial charge in [-0.1, -0.05) is 37.6 Å². The number of alkyl halides is 3. The average molecular weight is 439 g/mol. The molecule has 3 rings (SSSR count). The summed E-state index contributed by atoms with van der Waals surface area (Å²) in [6.07, 6.45) is -0.556. The zero-order valence-electron chi connectivity index (χ0n) is 19.3. The quantitative estimate of drug-likeness (QED) is 0.522. The Bertz CT molecular complexity index is 724. The first-order valence-corrected chi connectivity index (χ1v) is 11.5. The third kappa shape index (κ3) is 6.48. The first-order valence-electron chi connectivity index (χ1n) is 11.5. The molecular formula is C25H37F3N2O. The molecule has 0 bridgehead atoms. The van der Waals surface area contributed by atoms with Gasteiger partial charge in [-0.15, -0.1) is 0 Å². The van der Waals surface area contributed by atoms with E-state index in [1.165, 1.54) is 16.8 Å². The number of likely N-dealkylation sites (tertiary alicyclic amines) is 1. The van der Waals surface area contributed by atoms with Gasteiger partial charge in [0.15, 0.2) is 0 Å². The van der Waals surface area contributed by atoms with Crippen LogP contribution < -0.4 is 4.90 Å². The highest BCUT2D eigenvalue weighted by Gasteiger charge is 2.42. The molecule has 2 saturated heterocycles. The van der Waals surface area contributed by atoms with E-state index in [2.05, 4.69) is 67.8 Å². The van der Waals surface area contributed by atoms with E-state index in [1.807, 2.05) is 0 Å². The molecule has 0 aromatic heterocycles. The second kappa shape index (κ2) is 9.95. The van der Waals surface area contributed by atoms with Crippen LogP contribution in [0.5, 0.6) is 0 Å². The lowest BCUT2D eigenvalue weighted by Crippen LogP contribution is -2.45. The minimum absolute atomic E-state index is 0.0823. The number of allylic oxidation sites excluding steroid dienone is 1. The molecule has 1 aromatic rings. The molecule has 31 heavy (non-hydrogen) atoms. The molecule has 3 nitrogen and oxygen atoms in total. The predicted octanol–water partition coefficient (Wildman–Crippen LogP) is 5.80. The van der Waals surface area contributed by atoms with Crippen molar-refractivity contribution in [2.75, 3.05) is 44.3 Å². The van der Waals surface area contributed by atoms with Crippen molar-refractivity contribution in [1.29, 1.82) is 0 Å². The van der Waals surface area contributed by atoms with Gasteiger partial charge >= 0.3 is 6.18 Å². The fourth-order valence-electron chi connectivity index (χ4n) is 4.82. The van der Waals surface area contributed by atoms with Crippen molar-refractivity contribution in [3.05, 3.63) is 41.5 Å². The highest BCUT2D eigenvalue weighted by molar-refractivity contribution is 5.49. The summed E-state index contributed by atoms with van der Waals surface area (Å²) in [6, 6.07) is 8.94. The van der Waals surface area contributed by atoms with Crippen LogP contribution in [-0.4, -0.2) is 56.5 Å². The number of halogens is 3. The summed E-state index contributed by atoms with van der Waals surface area (Å²) in [4.78, 5) is 4.59. The van der Waals surface area contributed by atoms with Crippen molar-refractivity contribution in [2.24, 2.45) is 5.92 Å². The van der Waals surface area contributed by atoms with Crippen molar-refractivity contribution < 1.29 is 17.9 Å². The Balaban J connectivity index is 1.69. The van der Waals surface area contributed by atoms with Gasteiger partial charge in [0.25, 0.3) is 0 Å². The second-order valence-corrected chi connectivity index (χ2v) is 9.90. The Kier molecular flexibility index (Phi) is 7.74. The summed E-state index contributed by atoms with van der Waals surface area (Å²) in [5.41, 5.74) is 3.61. The smallest absolute Gasteiger partial charge is 0.378 e. The standard InChI is InChI=1S/C25H37F3N2O/c1-19(2)17-23(29-11-9-21(10-12-29)25(26,27)28)18-24(3,4)20-5-7-22(8-6-20)30-13-15-31-16-14-30/h5-8,17,21,23H,9-16,18H2,1-4H3. The number of piperidine rings is 1. The van der Waals surface area contributed by atoms with E-state index in [9.17, 15) is 13.2 Å². The molecular weight excluding hydrogens is 401 g/mol. The molecule has 1 aromatic carbocycles. The normalized spacial score (nSPS) is 20.5. The number of rotatable bonds is 6. The van der Waals surface area contributed by atoms with E-state index in [1.54, 1.807) is 0 Å². The van der Waals surface area contributed by atoms with Crippen LogP contribution >= 0.6 is 0 Å². The van der Waals surface area contributed by atoms with Gasteiger partial charge in [0.1, 0.15) is 0 Å². The van der Waals surface area contributed by atoms with Crippen LogP contribution in [0.3, 0.4) is 0 Å². The van der Waals surface area contributed by atoms with E-state index in [4.69, 9.17) is 4.74 Å². The lowest BCUT2D eigenvalue weighted by atomic mass is 9.78. The number of hydrogen-bond acceptors (Lipinski definition) is 3. The zero-order chi connectivity index (χ0) is 22.6. The number of hydrogen-bond donors (Lipinski definition) is 0. The summed E-state index contributed by atoms with van der Waals surface area (Å²) >= 11 is 0. The largest absolute Gasteiger partial charge is 0.391 e. The van der Waals surface area contributed by atoms with Gasteiger partial charge in [-0.3, -0.25) is 4.90 Å². The number of anilines is 1. The lowest BCUT2D eigenvalue weighted by molar-refractivity contribution is -0.185. The van der Waals surface area contributed by atoms with Crippen molar-refractivity contribution in [2.45, 2.75) is 64.6 Å². The van der Waals surface area contributed by atoms with E-state index in [0.717, 1.165) is 32.7 Å². The molecule has 0 radical (unpaired) electrons. The molecule has 0 amide bonds. The molecule has 174 valence electrons. The maximum Gasteiger partial charge on any atom is 0.391 e. The van der Waals surface area contributed by atoms with Crippen molar-refractivity contribution in [3.8, 4) is 0 Å². The molecule has 1 atom stereocenters. The summed E-state index contributed by atoms with van der Waals surface area (Å²) in [5, 5.41) is 0. The van der Waals surface area contributed by atoms with Crippen LogP contribution in [-0.2, 0) is 10.2 Å². The maximum atomic E-state index is 13.1. The fraction of sp³-hybridized carbons (Fsp3) is 0.680. The van der Waals surface area contributed by atoms with E-state index < -0.39 is 12.1 Å². The summed E-state index contributed by atoms with van der Waals surface area (Å²) in [7, 11) is 0. The summed E-state index contributed by atoms with van der Waals surface area (Å²) in [5.74, 6) is -1.16. The molecule has 2 heterocycles. The van der Waals surface area contributed by atoms with E-state index in [0.29, 0.717) is 13.1 Å². The van der Waals surface area contributed by atoms with Gasteiger partial charge in [0, 0.05) is 24.8 Å². The molecule has 0 N–H and O–H groups in total. The van der Waals surface area contributed by atoms with Crippen molar-refractivity contribution >= 4 is 5.69 Å². The molecule has 2 aliphatic rings. The SMILES string of the molecule is CC(C)=CC(CC(C)(C)c1ccc(N2CCOCC2)cc1)N1CCC(C(F)(F)F)CC1. The van der Waals surface area contributed by atoms with Gasteiger partial charge < -0.3 is 9.64 Å². The summed E-state index contributed by atoms with van der Waals surface area (Å²) in [6.45, 7) is 13.0. The van der Waals surface area contributed by atoms with Crippen LogP contribution in [0.2, 0.25) is 0 Å². The number of morpholine rings is 1. The van der Waals surface area contributed by atoms with Crippen molar-refractivity contribution in [1.82, 2.24) is 4.90 Å². The van der Waals surface area contributed by atoms with Gasteiger partial charge in [-0.25, -0.2) is 0 Å². The highest BCUT2D eigenvalue weighted by Crippen LogP contribution is 2.37. The minimum Gasteiger partial charge on any atom is -0.378 e. The van der Waals surface area contributed by atoms with Gasteiger partial charge in [0.2, 0.25) is 0 Å². The topological polar surface area (TPSA) is 15.7 Å². The monoisotopic (exact) mass is 438 g/mol. The molecule has 0 aliphatic carbocycles. The molecule has 6 heteroatoms. The fourth-order valence-corrected chi connectivity index (χ4v) is 4.82. The molecule has 0 saturated carbocycles. The van der Waals surface area contributed by atoms with Crippen molar-refractivity contribution in [3.63, 3.8) is 0 Å². The molecule has 1 unspecified atom stereocenters. The number of ether oxygens (including phenoxy) is 1. The van der Waals surface area contributed by atoms with Crippen LogP contribution in [0.25, 0.3) is 0 Å². The lowest BCUT2D eigenvalue weighted by Gasteiger charge is -2.40. The Hall–Kier alpha value is -1.53. The molecule has 2 aliphatic heterocycles. The van der Waals surface area contributed by atoms with Crippen LogP contribution in [0, 0.1) is 5.92 Å². The highest BCUT2D eigenvalue weighted by atomic mass is 19.4. The van der Waals surface area contributed by atoms with E-state index >= 15 is 0 Å². The van der Waals surface area contributed by atoms with Crippen LogP contribution in [0.1, 0.15) is 52.5 Å². The van der Waals surface area contributed by atoms with Gasteiger partial charge in [-0.05, 0) is 69.3 Å². The first kappa shape index (κ1) is 24.1. The summed E-state index contributed by atoms with van der Waals surface area (Å²) < 4.78 is 44.7. The Morgan fingerprint density at radius 3 is 2.13 bits per heavy atom. The third-order valence-corrected chi connectivity index (χ3v) is 6.73. The Morgan fingerprint density at radius 1 is 1.03 bits per heavy atom. The second-order valence-electron chi connectivity index (χ2n) is 9.90. The first-order chi connectivity index (χ1) is 14.6. The Labute approximate surface area is 185 Å². The maximum absolute atomic E-state index is 13.1. The predicted molar refractivity (Wildman–Crippen MR) is 121 cm³/mol. The van der Waals surface area contributed by atoms with E-state index in [-0.39, 0.29) is 24.3 Å². The molecule has 0 spiro atoms. The zero-order valence-corrected chi connectivity index (χ0v) is 19.3. The minimum atomic E-state index is -4.07. The average Bonchev–Trinajstić information content (AvgIpc) is 2.73. The third-order valence-electron chi connectivity index (χ3n) is 6.73. The van der Waals surface area contributed by atoms with Crippen LogP contribution in [0.4, 0.5) is 18.9 Å². The van der Waals surface area contributed by atoms with Gasteiger partial charge in [-0.2, -0.15) is 13.2 Å². The number of nitrogens with zero attached hydrogens (tertiary/aromatic N) is 2. The van der Waals surface area contributed by atoms with Crippen LogP contribution in [0.15, 0.2) is 35.9 Å².